The number of halogens is 1. The molecule has 1 N–H and O–H groups in total. The largest absolute Gasteiger partial charge is 0.381 e. The van der Waals surface area contributed by atoms with E-state index in [-0.39, 0.29) is 17.5 Å². The van der Waals surface area contributed by atoms with Crippen molar-refractivity contribution >= 4 is 5.91 Å². The highest BCUT2D eigenvalue weighted by atomic mass is 19.1. The van der Waals surface area contributed by atoms with Crippen LogP contribution in [0.25, 0.3) is 0 Å². The summed E-state index contributed by atoms with van der Waals surface area (Å²) >= 11 is 0. The molecule has 6 nitrogen and oxygen atoms in total. The molecule has 1 aliphatic heterocycles. The molecule has 24 heavy (non-hydrogen) atoms. The lowest BCUT2D eigenvalue weighted by Gasteiger charge is -2.31. The van der Waals surface area contributed by atoms with Gasteiger partial charge in [-0.05, 0) is 31.7 Å². The Morgan fingerprint density at radius 1 is 1.46 bits per heavy atom. The Morgan fingerprint density at radius 2 is 2.25 bits per heavy atom. The number of pyridine rings is 1. The van der Waals surface area contributed by atoms with Crippen molar-refractivity contribution in [2.75, 3.05) is 13.2 Å². The molecule has 1 unspecified atom stereocenters. The summed E-state index contributed by atoms with van der Waals surface area (Å²) in [5.41, 5.74) is -0.00309. The first-order valence-electron chi connectivity index (χ1n) is 8.19. The van der Waals surface area contributed by atoms with Crippen LogP contribution in [0.5, 0.6) is 0 Å². The lowest BCUT2D eigenvalue weighted by atomic mass is 9.90. The van der Waals surface area contributed by atoms with Crippen molar-refractivity contribution in [2.24, 2.45) is 5.92 Å². The molecular weight excluding hydrogens is 311 g/mol. The summed E-state index contributed by atoms with van der Waals surface area (Å²) in [6.45, 7) is 4.10. The van der Waals surface area contributed by atoms with Crippen molar-refractivity contribution in [3.63, 3.8) is 0 Å². The highest BCUT2D eigenvalue weighted by Gasteiger charge is 2.30. The van der Waals surface area contributed by atoms with Gasteiger partial charge in [-0.2, -0.15) is 0 Å². The van der Waals surface area contributed by atoms with E-state index in [1.165, 1.54) is 12.3 Å². The molecule has 1 fully saturated rings. The predicted octanol–water partition coefficient (Wildman–Crippen LogP) is 2.33. The third kappa shape index (κ3) is 3.46. The third-order valence-electron chi connectivity index (χ3n) is 4.41. The van der Waals surface area contributed by atoms with Gasteiger partial charge in [0.05, 0.1) is 17.8 Å². The van der Waals surface area contributed by atoms with Crippen LogP contribution >= 0.6 is 0 Å². The minimum Gasteiger partial charge on any atom is -0.381 e. The molecule has 1 amide bonds. The molecule has 0 spiro atoms. The maximum atomic E-state index is 13.9. The van der Waals surface area contributed by atoms with Crippen LogP contribution in [0.1, 0.15) is 42.0 Å². The summed E-state index contributed by atoms with van der Waals surface area (Å²) in [7, 11) is 0. The number of nitrogens with one attached hydrogen (secondary N) is 1. The number of hydrogen-bond acceptors (Lipinski definition) is 4. The second-order valence-electron chi connectivity index (χ2n) is 5.83. The minimum absolute atomic E-state index is 0.00309. The molecule has 1 saturated heterocycles. The molecule has 128 valence electrons. The van der Waals surface area contributed by atoms with E-state index >= 15 is 0 Å². The average Bonchev–Trinajstić information content (AvgIpc) is 3.09. The van der Waals surface area contributed by atoms with E-state index in [0.717, 1.165) is 31.4 Å². The summed E-state index contributed by atoms with van der Waals surface area (Å²) in [5.74, 6) is -0.0656. The maximum Gasteiger partial charge on any atom is 0.254 e. The van der Waals surface area contributed by atoms with Crippen LogP contribution in [0.4, 0.5) is 4.39 Å². The van der Waals surface area contributed by atoms with Crippen molar-refractivity contribution < 1.29 is 13.9 Å². The Morgan fingerprint density at radius 3 is 2.96 bits per heavy atom. The van der Waals surface area contributed by atoms with Crippen LogP contribution in [0.2, 0.25) is 0 Å². The quantitative estimate of drug-likeness (QED) is 0.912. The lowest BCUT2D eigenvalue weighted by molar-refractivity contribution is 0.0497. The predicted molar refractivity (Wildman–Crippen MR) is 85.8 cm³/mol. The molecule has 2 aromatic heterocycles. The van der Waals surface area contributed by atoms with E-state index in [0.29, 0.717) is 13.2 Å². The molecule has 1 aliphatic rings. The minimum atomic E-state index is -0.625. The van der Waals surface area contributed by atoms with Gasteiger partial charge in [-0.15, -0.1) is 0 Å². The maximum absolute atomic E-state index is 13.9. The molecule has 7 heteroatoms. The molecule has 2 aromatic rings. The van der Waals surface area contributed by atoms with Gasteiger partial charge >= 0.3 is 0 Å². The van der Waals surface area contributed by atoms with E-state index in [4.69, 9.17) is 4.74 Å². The molecule has 0 saturated carbocycles. The molecule has 0 radical (unpaired) electrons. The summed E-state index contributed by atoms with van der Waals surface area (Å²) in [4.78, 5) is 20.7. The van der Waals surface area contributed by atoms with Gasteiger partial charge in [0.15, 0.2) is 5.82 Å². The SMILES string of the molecule is CCn1ccnc1C(NC(=O)c1ccncc1F)C1CCOCC1. The fourth-order valence-corrected chi connectivity index (χ4v) is 3.09. The Kier molecular flexibility index (Phi) is 5.20. The number of carbonyl (C=O) groups is 1. The average molecular weight is 332 g/mol. The number of carbonyl (C=O) groups excluding carboxylic acids is 1. The number of hydrogen-bond donors (Lipinski definition) is 1. The summed E-state index contributed by atoms with van der Waals surface area (Å²) in [6.07, 6.45) is 7.74. The van der Waals surface area contributed by atoms with Gasteiger partial charge in [0.1, 0.15) is 5.82 Å². The number of ether oxygens (including phenoxy) is 1. The second-order valence-corrected chi connectivity index (χ2v) is 5.83. The highest BCUT2D eigenvalue weighted by Crippen LogP contribution is 2.29. The van der Waals surface area contributed by atoms with Crippen LogP contribution in [0.3, 0.4) is 0 Å². The number of aromatic nitrogens is 3. The monoisotopic (exact) mass is 332 g/mol. The molecule has 1 atom stereocenters. The summed E-state index contributed by atoms with van der Waals surface area (Å²) in [5, 5.41) is 2.98. The second kappa shape index (κ2) is 7.53. The standard InChI is InChI=1S/C17H21FN4O2/c1-2-22-8-7-20-16(22)15(12-4-9-24-10-5-12)21-17(23)13-3-6-19-11-14(13)18/h3,6-8,11-12,15H,2,4-5,9-10H2,1H3,(H,21,23). The summed E-state index contributed by atoms with van der Waals surface area (Å²) < 4.78 is 21.3. The Hall–Kier alpha value is -2.28. The molecule has 3 rings (SSSR count). The van der Waals surface area contributed by atoms with E-state index in [1.807, 2.05) is 17.7 Å². The van der Waals surface area contributed by atoms with Crippen molar-refractivity contribution in [3.8, 4) is 0 Å². The van der Waals surface area contributed by atoms with Gasteiger partial charge in [-0.3, -0.25) is 9.78 Å². The lowest BCUT2D eigenvalue weighted by Crippen LogP contribution is -2.38. The van der Waals surface area contributed by atoms with Crippen LogP contribution in [-0.4, -0.2) is 33.7 Å². The molecular formula is C17H21FN4O2. The zero-order valence-electron chi connectivity index (χ0n) is 13.6. The smallest absolute Gasteiger partial charge is 0.254 e. The van der Waals surface area contributed by atoms with Crippen LogP contribution < -0.4 is 5.32 Å². The van der Waals surface area contributed by atoms with Crippen LogP contribution in [0, 0.1) is 11.7 Å². The fraction of sp³-hybridized carbons (Fsp3) is 0.471. The molecule has 0 aliphatic carbocycles. The van der Waals surface area contributed by atoms with Gasteiger partial charge in [0.2, 0.25) is 0 Å². The highest BCUT2D eigenvalue weighted by molar-refractivity contribution is 5.94. The van der Waals surface area contributed by atoms with E-state index < -0.39 is 11.7 Å². The van der Waals surface area contributed by atoms with Gasteiger partial charge in [0.25, 0.3) is 5.91 Å². The molecule has 0 aromatic carbocycles. The van der Waals surface area contributed by atoms with E-state index in [1.54, 1.807) is 6.20 Å². The number of amides is 1. The van der Waals surface area contributed by atoms with Crippen molar-refractivity contribution in [2.45, 2.75) is 32.4 Å². The first kappa shape index (κ1) is 16.6. The van der Waals surface area contributed by atoms with Crippen LogP contribution in [0.15, 0.2) is 30.9 Å². The van der Waals surface area contributed by atoms with Gasteiger partial charge in [-0.1, -0.05) is 0 Å². The third-order valence-corrected chi connectivity index (χ3v) is 4.41. The molecule has 3 heterocycles. The van der Waals surface area contributed by atoms with Gasteiger partial charge in [0, 0.05) is 38.3 Å². The number of rotatable bonds is 5. The topological polar surface area (TPSA) is 69.0 Å². The van der Waals surface area contributed by atoms with Crippen molar-refractivity contribution in [1.29, 1.82) is 0 Å². The summed E-state index contributed by atoms with van der Waals surface area (Å²) in [6, 6.07) is 1.11. The van der Waals surface area contributed by atoms with E-state index in [9.17, 15) is 9.18 Å². The Balaban J connectivity index is 1.87. The molecule has 0 bridgehead atoms. The van der Waals surface area contributed by atoms with E-state index in [2.05, 4.69) is 15.3 Å². The zero-order valence-corrected chi connectivity index (χ0v) is 13.6. The first-order chi connectivity index (χ1) is 11.7. The van der Waals surface area contributed by atoms with Gasteiger partial charge in [-0.25, -0.2) is 9.37 Å². The Bertz CT molecular complexity index is 697. The zero-order chi connectivity index (χ0) is 16.9. The first-order valence-corrected chi connectivity index (χ1v) is 8.19. The number of aryl methyl sites for hydroxylation is 1. The van der Waals surface area contributed by atoms with Crippen LogP contribution in [-0.2, 0) is 11.3 Å². The van der Waals surface area contributed by atoms with Gasteiger partial charge < -0.3 is 14.6 Å². The van der Waals surface area contributed by atoms with Crippen molar-refractivity contribution in [1.82, 2.24) is 19.9 Å². The van der Waals surface area contributed by atoms with Crippen molar-refractivity contribution in [3.05, 3.63) is 48.1 Å². The number of imidazole rings is 1. The normalized spacial score (nSPS) is 16.8. The number of nitrogens with zero attached hydrogens (tertiary/aromatic N) is 3. The fourth-order valence-electron chi connectivity index (χ4n) is 3.09. The Labute approximate surface area is 140 Å².